The summed E-state index contributed by atoms with van der Waals surface area (Å²) in [7, 11) is 1.56. The lowest BCUT2D eigenvalue weighted by Gasteiger charge is -2.32. The van der Waals surface area contributed by atoms with Gasteiger partial charge in [-0.15, -0.1) is 11.6 Å². The van der Waals surface area contributed by atoms with Crippen molar-refractivity contribution in [1.29, 1.82) is 0 Å². The summed E-state index contributed by atoms with van der Waals surface area (Å²) in [5, 5.41) is 2.29. The van der Waals surface area contributed by atoms with E-state index in [0.717, 1.165) is 0 Å². The predicted octanol–water partition coefficient (Wildman–Crippen LogP) is 1.67. The molecule has 1 N–H and O–H groups in total. The molecule has 2 heterocycles. The number of rotatable bonds is 7. The van der Waals surface area contributed by atoms with Crippen molar-refractivity contribution in [2.24, 2.45) is 0 Å². The summed E-state index contributed by atoms with van der Waals surface area (Å²) in [5.74, 6) is -1.11. The molecule has 0 spiro atoms. The maximum Gasteiger partial charge on any atom is 0.261 e. The van der Waals surface area contributed by atoms with Crippen LogP contribution >= 0.6 is 11.6 Å². The highest BCUT2D eigenvalue weighted by Gasteiger charge is 2.36. The monoisotopic (exact) mass is 435 g/mol. The van der Waals surface area contributed by atoms with Gasteiger partial charge in [-0.3, -0.25) is 24.1 Å². The zero-order valence-electron chi connectivity index (χ0n) is 17.2. The van der Waals surface area contributed by atoms with Crippen LogP contribution in [0.1, 0.15) is 57.3 Å². The molecule has 8 nitrogen and oxygen atoms in total. The van der Waals surface area contributed by atoms with Crippen molar-refractivity contribution in [2.45, 2.75) is 37.6 Å². The van der Waals surface area contributed by atoms with Gasteiger partial charge < -0.3 is 15.0 Å². The third kappa shape index (κ3) is 4.65. The van der Waals surface area contributed by atoms with Crippen molar-refractivity contribution in [3.8, 4) is 0 Å². The molecule has 2 aliphatic heterocycles. The van der Waals surface area contributed by atoms with Gasteiger partial charge in [0.15, 0.2) is 0 Å². The first kappa shape index (κ1) is 22.2. The van der Waals surface area contributed by atoms with Gasteiger partial charge in [0.25, 0.3) is 17.7 Å². The molecule has 3 rings (SSSR count). The number of nitrogens with zero attached hydrogens (tertiary/aromatic N) is 2. The van der Waals surface area contributed by atoms with Crippen LogP contribution in [0.2, 0.25) is 0 Å². The highest BCUT2D eigenvalue weighted by molar-refractivity contribution is 6.30. The summed E-state index contributed by atoms with van der Waals surface area (Å²) >= 11 is 5.78. The Hall–Kier alpha value is -2.45. The van der Waals surface area contributed by atoms with Crippen LogP contribution in [-0.4, -0.2) is 78.2 Å². The number of hydrogen-bond acceptors (Lipinski definition) is 5. The maximum absolute atomic E-state index is 12.9. The number of halogens is 1. The van der Waals surface area contributed by atoms with E-state index in [-0.39, 0.29) is 41.8 Å². The van der Waals surface area contributed by atoms with E-state index in [0.29, 0.717) is 50.1 Å². The van der Waals surface area contributed by atoms with Crippen LogP contribution in [0.15, 0.2) is 18.2 Å². The molecule has 162 valence electrons. The normalized spacial score (nSPS) is 17.8. The van der Waals surface area contributed by atoms with Crippen LogP contribution in [0.3, 0.4) is 0 Å². The summed E-state index contributed by atoms with van der Waals surface area (Å²) < 4.78 is 4.98. The first-order valence-corrected chi connectivity index (χ1v) is 10.5. The molecule has 0 saturated carbocycles. The number of ether oxygens (including phenoxy) is 1. The number of benzene rings is 1. The minimum Gasteiger partial charge on any atom is -0.385 e. The Morgan fingerprint density at radius 3 is 2.50 bits per heavy atom. The summed E-state index contributed by atoms with van der Waals surface area (Å²) in [5.41, 5.74) is 0.970. The standard InChI is InChI=1S/C21H26ClN3O5/c1-13(22)18(26)23-15-6-9-24(10-7-15)19(27)14-4-5-16-17(12-14)21(29)25(20(16)28)8-3-11-30-2/h4-5,12-13,15H,3,6-11H2,1-2H3,(H,23,26). The van der Waals surface area contributed by atoms with E-state index in [9.17, 15) is 19.2 Å². The number of methoxy groups -OCH3 is 1. The Kier molecular flexibility index (Phi) is 7.10. The Morgan fingerprint density at radius 1 is 1.20 bits per heavy atom. The van der Waals surface area contributed by atoms with Crippen LogP contribution in [-0.2, 0) is 9.53 Å². The second kappa shape index (κ2) is 9.57. The molecule has 1 aromatic carbocycles. The van der Waals surface area contributed by atoms with E-state index in [1.165, 1.54) is 11.0 Å². The number of nitrogens with one attached hydrogen (secondary N) is 1. The Labute approximate surface area is 180 Å². The highest BCUT2D eigenvalue weighted by atomic mass is 35.5. The van der Waals surface area contributed by atoms with Gasteiger partial charge in [-0.05, 0) is 44.4 Å². The summed E-state index contributed by atoms with van der Waals surface area (Å²) in [4.78, 5) is 52.7. The fourth-order valence-corrected chi connectivity index (χ4v) is 3.78. The van der Waals surface area contributed by atoms with Crippen molar-refractivity contribution in [1.82, 2.24) is 15.1 Å². The van der Waals surface area contributed by atoms with Crippen LogP contribution in [0.5, 0.6) is 0 Å². The number of likely N-dealkylation sites (tertiary alicyclic amines) is 1. The number of imide groups is 1. The first-order valence-electron chi connectivity index (χ1n) is 10.1. The van der Waals surface area contributed by atoms with Crippen molar-refractivity contribution in [2.75, 3.05) is 33.4 Å². The molecule has 0 aliphatic carbocycles. The largest absolute Gasteiger partial charge is 0.385 e. The van der Waals surface area contributed by atoms with Gasteiger partial charge in [0.1, 0.15) is 5.38 Å². The van der Waals surface area contributed by atoms with Crippen molar-refractivity contribution in [3.05, 3.63) is 34.9 Å². The van der Waals surface area contributed by atoms with Crippen LogP contribution in [0.25, 0.3) is 0 Å². The second-order valence-electron chi connectivity index (χ2n) is 7.56. The molecular formula is C21H26ClN3O5. The number of hydrogen-bond donors (Lipinski definition) is 1. The smallest absolute Gasteiger partial charge is 0.261 e. The van der Waals surface area contributed by atoms with Crippen LogP contribution in [0.4, 0.5) is 0 Å². The van der Waals surface area contributed by atoms with Crippen molar-refractivity contribution >= 4 is 35.2 Å². The quantitative estimate of drug-likeness (QED) is 0.399. The third-order valence-corrected chi connectivity index (χ3v) is 5.64. The summed E-state index contributed by atoms with van der Waals surface area (Å²) in [6.45, 7) is 3.34. The maximum atomic E-state index is 12.9. The molecule has 30 heavy (non-hydrogen) atoms. The van der Waals surface area contributed by atoms with Gasteiger partial charge in [0.05, 0.1) is 11.1 Å². The van der Waals surface area contributed by atoms with Gasteiger partial charge in [-0.25, -0.2) is 0 Å². The van der Waals surface area contributed by atoms with E-state index in [1.54, 1.807) is 31.1 Å². The predicted molar refractivity (Wildman–Crippen MR) is 111 cm³/mol. The number of fused-ring (bicyclic) bond motifs is 1. The fourth-order valence-electron chi connectivity index (χ4n) is 3.72. The zero-order chi connectivity index (χ0) is 21.8. The molecular weight excluding hydrogens is 410 g/mol. The number of carbonyl (C=O) groups is 4. The van der Waals surface area contributed by atoms with Crippen molar-refractivity contribution < 1.29 is 23.9 Å². The van der Waals surface area contributed by atoms with Gasteiger partial charge in [0.2, 0.25) is 5.91 Å². The minimum absolute atomic E-state index is 0.0115. The zero-order valence-corrected chi connectivity index (χ0v) is 17.9. The number of carbonyl (C=O) groups excluding carboxylic acids is 4. The lowest BCUT2D eigenvalue weighted by atomic mass is 10.0. The fraction of sp³-hybridized carbons (Fsp3) is 0.524. The number of amides is 4. The summed E-state index contributed by atoms with van der Waals surface area (Å²) in [6, 6.07) is 4.64. The van der Waals surface area contributed by atoms with Crippen LogP contribution < -0.4 is 5.32 Å². The molecule has 1 aromatic rings. The molecule has 1 saturated heterocycles. The van der Waals surface area contributed by atoms with Gasteiger partial charge in [0, 0.05) is 45.0 Å². The number of piperidine rings is 1. The van der Waals surface area contributed by atoms with Crippen molar-refractivity contribution in [3.63, 3.8) is 0 Å². The molecule has 0 radical (unpaired) electrons. The lowest BCUT2D eigenvalue weighted by molar-refractivity contribution is -0.121. The second-order valence-corrected chi connectivity index (χ2v) is 8.21. The summed E-state index contributed by atoms with van der Waals surface area (Å²) in [6.07, 6.45) is 1.83. The first-order chi connectivity index (χ1) is 14.3. The highest BCUT2D eigenvalue weighted by Crippen LogP contribution is 2.25. The topological polar surface area (TPSA) is 96.0 Å². The number of alkyl halides is 1. The Bertz CT molecular complexity index is 849. The molecule has 1 atom stereocenters. The third-order valence-electron chi connectivity index (χ3n) is 5.44. The Balaban J connectivity index is 1.64. The average molecular weight is 436 g/mol. The molecule has 2 aliphatic rings. The van der Waals surface area contributed by atoms with E-state index in [4.69, 9.17) is 16.3 Å². The SMILES string of the molecule is COCCCN1C(=O)c2ccc(C(=O)N3CCC(NC(=O)C(C)Cl)CC3)cc2C1=O. The molecule has 0 bridgehead atoms. The van der Waals surface area contributed by atoms with Gasteiger partial charge in [-0.2, -0.15) is 0 Å². The van der Waals surface area contributed by atoms with E-state index < -0.39 is 5.38 Å². The van der Waals surface area contributed by atoms with E-state index >= 15 is 0 Å². The van der Waals surface area contributed by atoms with Gasteiger partial charge >= 0.3 is 0 Å². The van der Waals surface area contributed by atoms with E-state index in [2.05, 4.69) is 5.32 Å². The lowest BCUT2D eigenvalue weighted by Crippen LogP contribution is -2.47. The molecule has 4 amide bonds. The molecule has 9 heteroatoms. The Morgan fingerprint density at radius 2 is 1.87 bits per heavy atom. The molecule has 1 fully saturated rings. The van der Waals surface area contributed by atoms with Gasteiger partial charge in [-0.1, -0.05) is 0 Å². The van der Waals surface area contributed by atoms with E-state index in [1.807, 2.05) is 0 Å². The minimum atomic E-state index is -0.592. The average Bonchev–Trinajstić information content (AvgIpc) is 2.98. The molecule has 0 aromatic heterocycles. The molecule has 1 unspecified atom stereocenters. The van der Waals surface area contributed by atoms with Crippen LogP contribution in [0, 0.1) is 0 Å².